The number of hydrogen-bond acceptors (Lipinski definition) is 4. The molecule has 0 spiro atoms. The van der Waals surface area contributed by atoms with Crippen LogP contribution in [-0.2, 0) is 10.0 Å². The van der Waals surface area contributed by atoms with E-state index in [4.69, 9.17) is 4.52 Å². The summed E-state index contributed by atoms with van der Waals surface area (Å²) in [6.07, 6.45) is 1.50. The van der Waals surface area contributed by atoms with E-state index in [1.165, 1.54) is 12.3 Å². The molecule has 118 valence electrons. The molecule has 0 bridgehead atoms. The van der Waals surface area contributed by atoms with E-state index < -0.39 is 10.0 Å². The molecule has 3 aromatic rings. The maximum absolute atomic E-state index is 12.5. The highest BCUT2D eigenvalue weighted by Crippen LogP contribution is 2.29. The lowest BCUT2D eigenvalue weighted by atomic mass is 10.1. The molecule has 0 aliphatic heterocycles. The van der Waals surface area contributed by atoms with E-state index in [0.717, 1.165) is 16.7 Å². The van der Waals surface area contributed by atoms with Gasteiger partial charge in [0.2, 0.25) is 5.88 Å². The average molecular weight is 328 g/mol. The van der Waals surface area contributed by atoms with Gasteiger partial charge in [0.05, 0.1) is 16.7 Å². The molecule has 6 heteroatoms. The van der Waals surface area contributed by atoms with Gasteiger partial charge in [-0.25, -0.2) is 13.1 Å². The number of nitrogens with one attached hydrogen (secondary N) is 1. The van der Waals surface area contributed by atoms with Crippen LogP contribution in [0.3, 0.4) is 0 Å². The second-order valence-corrected chi connectivity index (χ2v) is 7.04. The molecule has 1 N–H and O–H groups in total. The Hall–Kier alpha value is -2.60. The first-order valence-corrected chi connectivity index (χ1v) is 8.55. The largest absolute Gasteiger partial charge is 0.337 e. The molecule has 0 unspecified atom stereocenters. The molecule has 0 radical (unpaired) electrons. The minimum absolute atomic E-state index is 0.107. The van der Waals surface area contributed by atoms with Crippen molar-refractivity contribution in [2.45, 2.75) is 18.7 Å². The van der Waals surface area contributed by atoms with Crippen molar-refractivity contribution in [2.24, 2.45) is 0 Å². The summed E-state index contributed by atoms with van der Waals surface area (Å²) in [4.78, 5) is 0.184. The molecule has 0 atom stereocenters. The molecule has 1 aromatic heterocycles. The highest BCUT2D eigenvalue weighted by Gasteiger charge is 2.19. The number of anilines is 1. The number of nitrogens with zero attached hydrogens (tertiary/aromatic N) is 1. The van der Waals surface area contributed by atoms with Crippen molar-refractivity contribution in [3.63, 3.8) is 0 Å². The van der Waals surface area contributed by atoms with Crippen LogP contribution in [0.5, 0.6) is 0 Å². The number of aryl methyl sites for hydroxylation is 2. The molecule has 2 aromatic carbocycles. The van der Waals surface area contributed by atoms with Gasteiger partial charge in [-0.2, -0.15) is 0 Å². The van der Waals surface area contributed by atoms with Crippen LogP contribution >= 0.6 is 0 Å². The summed E-state index contributed by atoms with van der Waals surface area (Å²) in [5.41, 5.74) is 3.41. The molecule has 0 aliphatic carbocycles. The topological polar surface area (TPSA) is 72.2 Å². The standard InChI is InChI=1S/C17H16N2O3S/c1-12-6-8-14(9-7-12)16-11-18-22-17(16)19-23(20,21)15-5-3-4-13(2)10-15/h3-11,19H,1-2H3. The minimum atomic E-state index is -3.73. The molecular weight excluding hydrogens is 312 g/mol. The van der Waals surface area contributed by atoms with Crippen molar-refractivity contribution in [1.29, 1.82) is 0 Å². The maximum Gasteiger partial charge on any atom is 0.264 e. The smallest absolute Gasteiger partial charge is 0.264 e. The Labute approximate surface area is 135 Å². The van der Waals surface area contributed by atoms with E-state index in [2.05, 4.69) is 9.88 Å². The lowest BCUT2D eigenvalue weighted by Crippen LogP contribution is -2.13. The van der Waals surface area contributed by atoms with Gasteiger partial charge in [-0.15, -0.1) is 0 Å². The third-order valence-corrected chi connectivity index (χ3v) is 4.79. The van der Waals surface area contributed by atoms with E-state index in [9.17, 15) is 8.42 Å². The molecule has 0 saturated heterocycles. The highest BCUT2D eigenvalue weighted by atomic mass is 32.2. The van der Waals surface area contributed by atoms with Crippen LogP contribution in [0.15, 0.2) is 64.1 Å². The quantitative estimate of drug-likeness (QED) is 0.791. The number of rotatable bonds is 4. The van der Waals surface area contributed by atoms with E-state index in [0.29, 0.717) is 5.56 Å². The molecule has 0 saturated carbocycles. The normalized spacial score (nSPS) is 11.4. The Kier molecular flexibility index (Phi) is 3.92. The molecule has 0 fully saturated rings. The lowest BCUT2D eigenvalue weighted by Gasteiger charge is -2.07. The Balaban J connectivity index is 1.95. The van der Waals surface area contributed by atoms with Crippen LogP contribution in [0, 0.1) is 13.8 Å². The zero-order valence-corrected chi connectivity index (χ0v) is 13.6. The van der Waals surface area contributed by atoms with Crippen LogP contribution in [0.2, 0.25) is 0 Å². The van der Waals surface area contributed by atoms with Crippen molar-refractivity contribution in [2.75, 3.05) is 4.72 Å². The zero-order chi connectivity index (χ0) is 16.4. The third kappa shape index (κ3) is 3.27. The predicted molar refractivity (Wildman–Crippen MR) is 88.7 cm³/mol. The van der Waals surface area contributed by atoms with Gasteiger partial charge in [-0.1, -0.05) is 47.1 Å². The van der Waals surface area contributed by atoms with Gasteiger partial charge < -0.3 is 4.52 Å². The molecule has 0 amide bonds. The Morgan fingerprint density at radius 3 is 2.43 bits per heavy atom. The van der Waals surface area contributed by atoms with Gasteiger partial charge in [0.15, 0.2) is 0 Å². The van der Waals surface area contributed by atoms with Crippen molar-refractivity contribution >= 4 is 15.9 Å². The van der Waals surface area contributed by atoms with Crippen LogP contribution in [0.4, 0.5) is 5.88 Å². The fraction of sp³-hybridized carbons (Fsp3) is 0.118. The van der Waals surface area contributed by atoms with E-state index in [1.807, 2.05) is 44.2 Å². The fourth-order valence-corrected chi connectivity index (χ4v) is 3.32. The summed E-state index contributed by atoms with van der Waals surface area (Å²) in [5, 5.41) is 3.71. The van der Waals surface area contributed by atoms with Gasteiger partial charge in [0.1, 0.15) is 0 Å². The molecule has 0 aliphatic rings. The van der Waals surface area contributed by atoms with Gasteiger partial charge in [0.25, 0.3) is 10.0 Å². The number of aromatic nitrogens is 1. The summed E-state index contributed by atoms with van der Waals surface area (Å²) in [5.74, 6) is 0.107. The SMILES string of the molecule is Cc1ccc(-c2cnoc2NS(=O)(=O)c2cccc(C)c2)cc1. The predicted octanol–water partition coefficient (Wildman–Crippen LogP) is 3.76. The maximum atomic E-state index is 12.5. The summed E-state index contributed by atoms with van der Waals surface area (Å²) in [6.45, 7) is 3.82. The third-order valence-electron chi connectivity index (χ3n) is 3.46. The van der Waals surface area contributed by atoms with Crippen LogP contribution in [-0.4, -0.2) is 13.6 Å². The van der Waals surface area contributed by atoms with Crippen LogP contribution < -0.4 is 4.72 Å². The summed E-state index contributed by atoms with van der Waals surface area (Å²) in [6, 6.07) is 14.4. The molecule has 23 heavy (non-hydrogen) atoms. The number of sulfonamides is 1. The second-order valence-electron chi connectivity index (χ2n) is 5.36. The van der Waals surface area contributed by atoms with Gasteiger partial charge in [0, 0.05) is 0 Å². The summed E-state index contributed by atoms with van der Waals surface area (Å²) < 4.78 is 32.5. The van der Waals surface area contributed by atoms with Crippen LogP contribution in [0.1, 0.15) is 11.1 Å². The van der Waals surface area contributed by atoms with E-state index in [1.54, 1.807) is 12.1 Å². The second kappa shape index (κ2) is 5.89. The Morgan fingerprint density at radius 2 is 1.74 bits per heavy atom. The first-order chi connectivity index (χ1) is 11.0. The molecule has 5 nitrogen and oxygen atoms in total. The zero-order valence-electron chi connectivity index (χ0n) is 12.8. The first-order valence-electron chi connectivity index (χ1n) is 7.07. The Bertz CT molecular complexity index is 928. The van der Waals surface area contributed by atoms with E-state index >= 15 is 0 Å². The molecular formula is C17H16N2O3S. The number of hydrogen-bond donors (Lipinski definition) is 1. The van der Waals surface area contributed by atoms with Gasteiger partial charge >= 0.3 is 0 Å². The van der Waals surface area contributed by atoms with Gasteiger partial charge in [-0.05, 0) is 37.1 Å². The fourth-order valence-electron chi connectivity index (χ4n) is 2.22. The van der Waals surface area contributed by atoms with Crippen molar-refractivity contribution in [3.05, 3.63) is 65.9 Å². The number of benzene rings is 2. The monoisotopic (exact) mass is 328 g/mol. The summed E-state index contributed by atoms with van der Waals surface area (Å²) in [7, 11) is -3.73. The first kappa shape index (κ1) is 15.3. The van der Waals surface area contributed by atoms with Crippen LogP contribution in [0.25, 0.3) is 11.1 Å². The lowest BCUT2D eigenvalue weighted by molar-refractivity contribution is 0.435. The summed E-state index contributed by atoms with van der Waals surface area (Å²) >= 11 is 0. The van der Waals surface area contributed by atoms with Crippen molar-refractivity contribution < 1.29 is 12.9 Å². The van der Waals surface area contributed by atoms with Crippen molar-refractivity contribution in [1.82, 2.24) is 5.16 Å². The average Bonchev–Trinajstić information content (AvgIpc) is 2.95. The Morgan fingerprint density at radius 1 is 1.00 bits per heavy atom. The van der Waals surface area contributed by atoms with Gasteiger partial charge in [-0.3, -0.25) is 0 Å². The minimum Gasteiger partial charge on any atom is -0.337 e. The van der Waals surface area contributed by atoms with E-state index in [-0.39, 0.29) is 10.8 Å². The highest BCUT2D eigenvalue weighted by molar-refractivity contribution is 7.92. The molecule has 1 heterocycles. The molecule has 3 rings (SSSR count). The van der Waals surface area contributed by atoms with Crippen molar-refractivity contribution in [3.8, 4) is 11.1 Å².